The van der Waals surface area contributed by atoms with Gasteiger partial charge in [0.2, 0.25) is 0 Å². The van der Waals surface area contributed by atoms with E-state index < -0.39 is 0 Å². The molecule has 2 heterocycles. The van der Waals surface area contributed by atoms with E-state index in [-0.39, 0.29) is 18.1 Å². The molecule has 0 fully saturated rings. The van der Waals surface area contributed by atoms with Crippen LogP contribution >= 0.6 is 0 Å². The van der Waals surface area contributed by atoms with Crippen LogP contribution in [0, 0.1) is 6.92 Å². The van der Waals surface area contributed by atoms with Crippen molar-refractivity contribution in [1.29, 1.82) is 0 Å². The van der Waals surface area contributed by atoms with E-state index in [0.717, 1.165) is 5.56 Å². The Balaban J connectivity index is 1.55. The first-order valence-electron chi connectivity index (χ1n) is 9.17. The second-order valence-corrected chi connectivity index (χ2v) is 6.63. The molecule has 29 heavy (non-hydrogen) atoms. The zero-order chi connectivity index (χ0) is 20.2. The third-order valence-corrected chi connectivity index (χ3v) is 4.40. The molecule has 0 saturated carbocycles. The smallest absolute Gasteiger partial charge is 0.259 e. The van der Waals surface area contributed by atoms with Crippen LogP contribution in [0.5, 0.6) is 5.75 Å². The Hall–Kier alpha value is -3.93. The van der Waals surface area contributed by atoms with Gasteiger partial charge in [0.1, 0.15) is 18.0 Å². The lowest BCUT2D eigenvalue weighted by molar-refractivity contribution is 0.102. The number of anilines is 1. The number of aryl methyl sites for hydroxylation is 1. The molecule has 0 aliphatic heterocycles. The molecule has 6 heteroatoms. The molecular formula is C23H19N3O3. The minimum absolute atomic E-state index is 0.0786. The van der Waals surface area contributed by atoms with Crippen LogP contribution in [0.1, 0.15) is 21.6 Å². The molecule has 144 valence electrons. The van der Waals surface area contributed by atoms with Gasteiger partial charge in [0.05, 0.1) is 11.3 Å². The fourth-order valence-corrected chi connectivity index (χ4v) is 2.98. The highest BCUT2D eigenvalue weighted by molar-refractivity contribution is 6.06. The zero-order valence-electron chi connectivity index (χ0n) is 15.8. The van der Waals surface area contributed by atoms with Gasteiger partial charge in [-0.15, -0.1) is 0 Å². The van der Waals surface area contributed by atoms with Crippen molar-refractivity contribution >= 4 is 17.2 Å². The second kappa shape index (κ2) is 7.98. The Kier molecular flexibility index (Phi) is 5.07. The van der Waals surface area contributed by atoms with Crippen LogP contribution in [0.4, 0.5) is 5.69 Å². The lowest BCUT2D eigenvalue weighted by Crippen LogP contribution is -2.17. The normalized spacial score (nSPS) is 10.7. The van der Waals surface area contributed by atoms with E-state index in [1.165, 1.54) is 10.5 Å². The summed E-state index contributed by atoms with van der Waals surface area (Å²) in [5, 5.41) is 2.85. The topological polar surface area (TPSA) is 72.7 Å². The molecular weight excluding hydrogens is 366 g/mol. The van der Waals surface area contributed by atoms with Crippen LogP contribution in [0.15, 0.2) is 83.8 Å². The Bertz CT molecular complexity index is 1230. The van der Waals surface area contributed by atoms with Gasteiger partial charge in [0.15, 0.2) is 0 Å². The van der Waals surface area contributed by atoms with Crippen LogP contribution in [0.3, 0.4) is 0 Å². The molecule has 6 nitrogen and oxygen atoms in total. The molecule has 0 atom stereocenters. The number of aromatic nitrogens is 2. The molecule has 4 aromatic rings. The van der Waals surface area contributed by atoms with Crippen molar-refractivity contribution in [2.75, 3.05) is 5.32 Å². The molecule has 4 rings (SSSR count). The summed E-state index contributed by atoms with van der Waals surface area (Å²) >= 11 is 0. The van der Waals surface area contributed by atoms with E-state index >= 15 is 0 Å². The second-order valence-electron chi connectivity index (χ2n) is 6.63. The summed E-state index contributed by atoms with van der Waals surface area (Å²) in [7, 11) is 0. The van der Waals surface area contributed by atoms with Gasteiger partial charge in [-0.2, -0.15) is 0 Å². The summed E-state index contributed by atoms with van der Waals surface area (Å²) in [6.07, 6.45) is 1.75. The molecule has 0 unspecified atom stereocenters. The van der Waals surface area contributed by atoms with Crippen molar-refractivity contribution in [3.05, 3.63) is 106 Å². The quantitative estimate of drug-likeness (QED) is 0.567. The fourth-order valence-electron chi connectivity index (χ4n) is 2.98. The molecule has 0 aliphatic rings. The highest BCUT2D eigenvalue weighted by Gasteiger charge is 2.13. The average molecular weight is 385 g/mol. The van der Waals surface area contributed by atoms with E-state index in [2.05, 4.69) is 10.3 Å². The van der Waals surface area contributed by atoms with E-state index in [0.29, 0.717) is 28.3 Å². The molecule has 0 spiro atoms. The number of amides is 1. The molecule has 0 aliphatic carbocycles. The minimum atomic E-state index is -0.270. The number of benzene rings is 2. The molecule has 1 amide bonds. The summed E-state index contributed by atoms with van der Waals surface area (Å²) in [6, 6.07) is 21.3. The molecule has 1 N–H and O–H groups in total. The van der Waals surface area contributed by atoms with Crippen LogP contribution in [0.2, 0.25) is 0 Å². The summed E-state index contributed by atoms with van der Waals surface area (Å²) in [6.45, 7) is 2.00. The maximum absolute atomic E-state index is 12.6. The number of rotatable bonds is 5. The number of nitrogens with zero attached hydrogens (tertiary/aromatic N) is 2. The summed E-state index contributed by atoms with van der Waals surface area (Å²) in [5.74, 6) is 0.153. The van der Waals surface area contributed by atoms with Crippen molar-refractivity contribution in [2.24, 2.45) is 0 Å². The third kappa shape index (κ3) is 4.16. The monoisotopic (exact) mass is 385 g/mol. The summed E-state index contributed by atoms with van der Waals surface area (Å²) in [4.78, 5) is 29.5. The van der Waals surface area contributed by atoms with Gasteiger partial charge in [0.25, 0.3) is 11.5 Å². The Morgan fingerprint density at radius 2 is 1.79 bits per heavy atom. The standard InChI is InChI=1S/C23H19N3O3/c1-16-11-12-21-24-18(13-22(27)26(21)14-16)15-29-20-10-6-5-9-19(20)23(28)25-17-7-3-2-4-8-17/h2-14H,15H2,1H3,(H,25,28). The Labute approximate surface area is 167 Å². The van der Waals surface area contributed by atoms with E-state index in [1.54, 1.807) is 36.5 Å². The molecule has 0 saturated heterocycles. The maximum atomic E-state index is 12.6. The number of carbonyl (C=O) groups is 1. The number of fused-ring (bicyclic) bond motifs is 1. The zero-order valence-corrected chi connectivity index (χ0v) is 15.8. The number of hydrogen-bond donors (Lipinski definition) is 1. The number of carbonyl (C=O) groups excluding carboxylic acids is 1. The van der Waals surface area contributed by atoms with Gasteiger partial charge in [0, 0.05) is 18.0 Å². The first-order chi connectivity index (χ1) is 14.1. The Morgan fingerprint density at radius 1 is 1.03 bits per heavy atom. The van der Waals surface area contributed by atoms with Gasteiger partial charge in [-0.05, 0) is 42.8 Å². The molecule has 2 aromatic carbocycles. The van der Waals surface area contributed by atoms with Gasteiger partial charge in [-0.3, -0.25) is 14.0 Å². The van der Waals surface area contributed by atoms with Gasteiger partial charge >= 0.3 is 0 Å². The molecule has 0 radical (unpaired) electrons. The van der Waals surface area contributed by atoms with Gasteiger partial charge < -0.3 is 10.1 Å². The molecule has 0 bridgehead atoms. The predicted octanol–water partition coefficient (Wildman–Crippen LogP) is 3.83. The number of ether oxygens (including phenoxy) is 1. The average Bonchev–Trinajstić information content (AvgIpc) is 2.74. The third-order valence-electron chi connectivity index (χ3n) is 4.40. The highest BCUT2D eigenvalue weighted by Crippen LogP contribution is 2.20. The Morgan fingerprint density at radius 3 is 2.62 bits per heavy atom. The number of nitrogens with one attached hydrogen (secondary N) is 1. The first kappa shape index (κ1) is 18.4. The van der Waals surface area contributed by atoms with E-state index in [9.17, 15) is 9.59 Å². The van der Waals surface area contributed by atoms with Crippen LogP contribution in [0.25, 0.3) is 5.65 Å². The number of para-hydroxylation sites is 2. The number of hydrogen-bond acceptors (Lipinski definition) is 4. The van der Waals surface area contributed by atoms with Crippen molar-refractivity contribution in [1.82, 2.24) is 9.38 Å². The van der Waals surface area contributed by atoms with Gasteiger partial charge in [-0.25, -0.2) is 4.98 Å². The van der Waals surface area contributed by atoms with Crippen molar-refractivity contribution in [3.8, 4) is 5.75 Å². The van der Waals surface area contributed by atoms with Crippen LogP contribution in [-0.4, -0.2) is 15.3 Å². The number of pyridine rings is 1. The van der Waals surface area contributed by atoms with Crippen molar-refractivity contribution < 1.29 is 9.53 Å². The molecule has 2 aromatic heterocycles. The van der Waals surface area contributed by atoms with Gasteiger partial charge in [-0.1, -0.05) is 36.4 Å². The maximum Gasteiger partial charge on any atom is 0.259 e. The van der Waals surface area contributed by atoms with E-state index in [4.69, 9.17) is 4.74 Å². The highest BCUT2D eigenvalue weighted by atomic mass is 16.5. The summed E-state index contributed by atoms with van der Waals surface area (Å²) in [5.41, 5.74) is 2.96. The fraction of sp³-hybridized carbons (Fsp3) is 0.0870. The minimum Gasteiger partial charge on any atom is -0.486 e. The predicted molar refractivity (Wildman–Crippen MR) is 111 cm³/mol. The van der Waals surface area contributed by atoms with E-state index in [1.807, 2.05) is 43.3 Å². The SMILES string of the molecule is Cc1ccc2nc(COc3ccccc3C(=O)Nc3ccccc3)cc(=O)n2c1. The summed E-state index contributed by atoms with van der Waals surface area (Å²) < 4.78 is 7.34. The lowest BCUT2D eigenvalue weighted by Gasteiger charge is -2.12. The largest absolute Gasteiger partial charge is 0.486 e. The lowest BCUT2D eigenvalue weighted by atomic mass is 10.2. The van der Waals surface area contributed by atoms with Crippen LogP contribution in [-0.2, 0) is 6.61 Å². The first-order valence-corrected chi connectivity index (χ1v) is 9.17. The van der Waals surface area contributed by atoms with Crippen molar-refractivity contribution in [2.45, 2.75) is 13.5 Å². The van der Waals surface area contributed by atoms with Crippen LogP contribution < -0.4 is 15.6 Å². The van der Waals surface area contributed by atoms with Crippen molar-refractivity contribution in [3.63, 3.8) is 0 Å².